The highest BCUT2D eigenvalue weighted by atomic mass is 31.2. The highest BCUT2D eigenvalue weighted by Crippen LogP contribution is 2.45. The van der Waals surface area contributed by atoms with Gasteiger partial charge < -0.3 is 33.8 Å². The number of allylic oxidation sites excluding steroid dienone is 4. The number of esters is 4. The molecule has 0 aliphatic rings. The lowest BCUT2D eigenvalue weighted by Crippen LogP contribution is -2.30. The van der Waals surface area contributed by atoms with Crippen molar-refractivity contribution < 1.29 is 80.2 Å². The Kier molecular flexibility index (Phi) is 56.3. The maximum absolute atomic E-state index is 13.0. The second kappa shape index (κ2) is 57.9. The molecule has 0 aliphatic carbocycles. The molecule has 0 saturated carbocycles. The molecule has 0 saturated heterocycles. The largest absolute Gasteiger partial charge is 0.472 e. The molecule has 85 heavy (non-hydrogen) atoms. The zero-order valence-electron chi connectivity index (χ0n) is 54.4. The van der Waals surface area contributed by atoms with E-state index in [-0.39, 0.29) is 25.7 Å². The molecule has 0 aromatic heterocycles. The van der Waals surface area contributed by atoms with Crippen LogP contribution in [0.2, 0.25) is 0 Å². The van der Waals surface area contributed by atoms with E-state index in [1.807, 2.05) is 0 Å². The van der Waals surface area contributed by atoms with E-state index in [0.717, 1.165) is 109 Å². The number of carbonyl (C=O) groups is 4. The standard InChI is InChI=1S/C66H124O17P2/c1-7-9-11-13-15-17-19-20-21-22-24-26-30-38-44-50-65(70)82-61(54-76-63(68)48-42-36-29-25-23-18-16-14-12-10-8-2)56-80-84(72,73)78-52-60(67)53-79-85(74,75)81-57-62(55-77-64(69)49-43-37-33-32-35-41-47-59(5)6)83-66(71)51-45-39-31-27-28-34-40-46-58(3)4/h17,19-21,58-62,67H,7-16,18,22-57H2,1-6H3,(H,72,73)(H,74,75)/b19-17-,21-20-/t60-,61-,62-/m1/s1. The molecule has 0 fully saturated rings. The number of carbonyl (C=O) groups excluding carboxylic acids is 4. The SMILES string of the molecule is CCCCCC/C=C\C=C/CCCCCCCC(=O)O[C@H](COC(=O)CCCCCCCCCCCCC)COP(=O)(O)OC[C@@H](O)COP(=O)(O)OC[C@@H](COC(=O)CCCCCCCCC(C)C)OC(=O)CCCCCCCCCC(C)C. The Hall–Kier alpha value is -2.46. The van der Waals surface area contributed by atoms with Crippen molar-refractivity contribution in [2.24, 2.45) is 11.8 Å². The van der Waals surface area contributed by atoms with Gasteiger partial charge in [0.1, 0.15) is 19.3 Å². The smallest absolute Gasteiger partial charge is 0.462 e. The quantitative estimate of drug-likeness (QED) is 0.0169. The molecular formula is C66H124O17P2. The van der Waals surface area contributed by atoms with Gasteiger partial charge >= 0.3 is 39.5 Å². The molecule has 19 heteroatoms. The first-order valence-corrected chi connectivity index (χ1v) is 36.8. The third-order valence-electron chi connectivity index (χ3n) is 14.6. The summed E-state index contributed by atoms with van der Waals surface area (Å²) in [6.45, 7) is 9.29. The van der Waals surface area contributed by atoms with E-state index in [4.69, 9.17) is 37.0 Å². The van der Waals surface area contributed by atoms with Crippen LogP contribution in [0.3, 0.4) is 0 Å². The summed E-state index contributed by atoms with van der Waals surface area (Å²) in [6.07, 6.45) is 44.1. The molecule has 0 aliphatic heterocycles. The third kappa shape index (κ3) is 60.2. The van der Waals surface area contributed by atoms with Gasteiger partial charge in [-0.3, -0.25) is 37.3 Å². The normalized spacial score (nSPS) is 14.4. The molecule has 0 spiro atoms. The summed E-state index contributed by atoms with van der Waals surface area (Å²) in [5.74, 6) is -0.794. The minimum atomic E-state index is -4.95. The van der Waals surface area contributed by atoms with Crippen LogP contribution in [0, 0.1) is 11.8 Å². The van der Waals surface area contributed by atoms with E-state index in [1.165, 1.54) is 103 Å². The van der Waals surface area contributed by atoms with Crippen molar-refractivity contribution in [2.75, 3.05) is 39.6 Å². The number of rotatable bonds is 63. The van der Waals surface area contributed by atoms with Crippen LogP contribution in [0.25, 0.3) is 0 Å². The summed E-state index contributed by atoms with van der Waals surface area (Å²) >= 11 is 0. The van der Waals surface area contributed by atoms with Gasteiger partial charge in [0.05, 0.1) is 26.4 Å². The predicted molar refractivity (Wildman–Crippen MR) is 340 cm³/mol. The van der Waals surface area contributed by atoms with Gasteiger partial charge in [-0.05, 0) is 63.2 Å². The lowest BCUT2D eigenvalue weighted by Gasteiger charge is -2.21. The third-order valence-corrected chi connectivity index (χ3v) is 16.5. The Balaban J connectivity index is 5.27. The molecule has 500 valence electrons. The summed E-state index contributed by atoms with van der Waals surface area (Å²) in [7, 11) is -9.90. The minimum Gasteiger partial charge on any atom is -0.462 e. The van der Waals surface area contributed by atoms with Crippen molar-refractivity contribution in [3.63, 3.8) is 0 Å². The first kappa shape index (κ1) is 82.5. The van der Waals surface area contributed by atoms with Crippen molar-refractivity contribution >= 4 is 39.5 Å². The van der Waals surface area contributed by atoms with Crippen LogP contribution >= 0.6 is 15.6 Å². The second-order valence-corrected chi connectivity index (χ2v) is 27.0. The number of ether oxygens (including phenoxy) is 4. The van der Waals surface area contributed by atoms with Gasteiger partial charge in [-0.15, -0.1) is 0 Å². The number of aliphatic hydroxyl groups is 1. The van der Waals surface area contributed by atoms with E-state index < -0.39 is 97.5 Å². The zero-order chi connectivity index (χ0) is 62.9. The Bertz CT molecular complexity index is 1760. The molecule has 0 heterocycles. The number of phosphoric acid groups is 2. The van der Waals surface area contributed by atoms with Gasteiger partial charge in [0.2, 0.25) is 0 Å². The van der Waals surface area contributed by atoms with Gasteiger partial charge in [0, 0.05) is 25.7 Å². The van der Waals surface area contributed by atoms with E-state index in [9.17, 15) is 43.2 Å². The van der Waals surface area contributed by atoms with Crippen molar-refractivity contribution in [3.05, 3.63) is 24.3 Å². The average Bonchev–Trinajstić information content (AvgIpc) is 3.48. The summed E-state index contributed by atoms with van der Waals surface area (Å²) in [6, 6.07) is 0. The predicted octanol–water partition coefficient (Wildman–Crippen LogP) is 18.0. The lowest BCUT2D eigenvalue weighted by molar-refractivity contribution is -0.161. The summed E-state index contributed by atoms with van der Waals surface area (Å²) in [5, 5.41) is 10.5. The monoisotopic (exact) mass is 1250 g/mol. The first-order valence-electron chi connectivity index (χ1n) is 33.8. The molecule has 0 aromatic carbocycles. The molecule has 0 bridgehead atoms. The highest BCUT2D eigenvalue weighted by molar-refractivity contribution is 7.47. The van der Waals surface area contributed by atoms with Crippen molar-refractivity contribution in [1.82, 2.24) is 0 Å². The number of phosphoric ester groups is 2. The molecule has 3 N–H and O–H groups in total. The summed E-state index contributed by atoms with van der Waals surface area (Å²) in [5.41, 5.74) is 0. The molecule has 0 amide bonds. The van der Waals surface area contributed by atoms with Crippen LogP contribution in [-0.4, -0.2) is 96.7 Å². The molecule has 2 unspecified atom stereocenters. The summed E-state index contributed by atoms with van der Waals surface area (Å²) < 4.78 is 68.0. The lowest BCUT2D eigenvalue weighted by atomic mass is 10.0. The minimum absolute atomic E-state index is 0.0847. The molecule has 0 aromatic rings. The van der Waals surface area contributed by atoms with Crippen LogP contribution in [0.15, 0.2) is 24.3 Å². The molecule has 5 atom stereocenters. The number of unbranched alkanes of at least 4 members (excludes halogenated alkanes) is 30. The van der Waals surface area contributed by atoms with Crippen molar-refractivity contribution in [2.45, 2.75) is 323 Å². The van der Waals surface area contributed by atoms with Crippen molar-refractivity contribution in [3.8, 4) is 0 Å². The van der Waals surface area contributed by atoms with Crippen LogP contribution in [0.1, 0.15) is 305 Å². The van der Waals surface area contributed by atoms with Crippen LogP contribution in [0.5, 0.6) is 0 Å². The fourth-order valence-electron chi connectivity index (χ4n) is 9.34. The van der Waals surface area contributed by atoms with Crippen LogP contribution in [-0.2, 0) is 65.4 Å². The van der Waals surface area contributed by atoms with Crippen LogP contribution < -0.4 is 0 Å². The Labute approximate surface area is 516 Å². The van der Waals surface area contributed by atoms with E-state index >= 15 is 0 Å². The van der Waals surface area contributed by atoms with Gasteiger partial charge in [0.25, 0.3) is 0 Å². The number of aliphatic hydroxyl groups excluding tert-OH is 1. The van der Waals surface area contributed by atoms with Crippen LogP contribution in [0.4, 0.5) is 0 Å². The van der Waals surface area contributed by atoms with Crippen molar-refractivity contribution in [1.29, 1.82) is 0 Å². The fraction of sp³-hybridized carbons (Fsp3) is 0.879. The zero-order valence-corrected chi connectivity index (χ0v) is 56.2. The first-order chi connectivity index (χ1) is 40.9. The maximum atomic E-state index is 13.0. The molecule has 0 radical (unpaired) electrons. The topological polar surface area (TPSA) is 237 Å². The van der Waals surface area contributed by atoms with Gasteiger partial charge in [-0.25, -0.2) is 9.13 Å². The Morgan fingerprint density at radius 2 is 0.635 bits per heavy atom. The molecular weight excluding hydrogens is 1130 g/mol. The number of hydrogen-bond acceptors (Lipinski definition) is 15. The fourth-order valence-corrected chi connectivity index (χ4v) is 10.9. The van der Waals surface area contributed by atoms with E-state index in [2.05, 4.69) is 65.8 Å². The second-order valence-electron chi connectivity index (χ2n) is 24.1. The Morgan fingerprint density at radius 3 is 0.965 bits per heavy atom. The summed E-state index contributed by atoms with van der Waals surface area (Å²) in [4.78, 5) is 72.2. The number of hydrogen-bond donors (Lipinski definition) is 3. The molecule has 17 nitrogen and oxygen atoms in total. The van der Waals surface area contributed by atoms with Gasteiger partial charge in [0.15, 0.2) is 12.2 Å². The van der Waals surface area contributed by atoms with E-state index in [0.29, 0.717) is 37.5 Å². The highest BCUT2D eigenvalue weighted by Gasteiger charge is 2.30. The molecule has 0 rings (SSSR count). The van der Waals surface area contributed by atoms with Gasteiger partial charge in [-0.2, -0.15) is 0 Å². The average molecular weight is 1250 g/mol. The Morgan fingerprint density at radius 1 is 0.365 bits per heavy atom. The maximum Gasteiger partial charge on any atom is 0.472 e. The van der Waals surface area contributed by atoms with E-state index in [1.54, 1.807) is 0 Å². The van der Waals surface area contributed by atoms with Gasteiger partial charge in [-0.1, -0.05) is 252 Å².